The van der Waals surface area contributed by atoms with Gasteiger partial charge in [0.15, 0.2) is 6.61 Å². The number of halogens is 1. The van der Waals surface area contributed by atoms with Crippen LogP contribution in [0.15, 0.2) is 47.0 Å². The number of nitrogen functional groups attached to an aromatic ring is 1. The highest BCUT2D eigenvalue weighted by Gasteiger charge is 2.13. The second-order valence-corrected chi connectivity index (χ2v) is 5.46. The van der Waals surface area contributed by atoms with Crippen LogP contribution in [0.2, 0.25) is 5.02 Å². The SMILES string of the molecule is COc1ccc(-c2noc(COC(=O)c3ccc(Cl)c(N)c3)n2)cc1. The predicted molar refractivity (Wildman–Crippen MR) is 91.3 cm³/mol. The van der Waals surface area contributed by atoms with Crippen molar-refractivity contribution >= 4 is 23.3 Å². The van der Waals surface area contributed by atoms with E-state index in [0.717, 1.165) is 11.3 Å². The van der Waals surface area contributed by atoms with Crippen LogP contribution in [0.3, 0.4) is 0 Å². The van der Waals surface area contributed by atoms with E-state index in [-0.39, 0.29) is 18.1 Å². The van der Waals surface area contributed by atoms with Crippen molar-refractivity contribution in [2.24, 2.45) is 0 Å². The van der Waals surface area contributed by atoms with E-state index >= 15 is 0 Å². The van der Waals surface area contributed by atoms with Gasteiger partial charge in [0, 0.05) is 5.56 Å². The zero-order chi connectivity index (χ0) is 17.8. The lowest BCUT2D eigenvalue weighted by molar-refractivity contribution is 0.0430. The summed E-state index contributed by atoms with van der Waals surface area (Å²) in [5.74, 6) is 0.738. The summed E-state index contributed by atoms with van der Waals surface area (Å²) in [4.78, 5) is 16.2. The number of benzene rings is 2. The third-order valence-electron chi connectivity index (χ3n) is 3.37. The van der Waals surface area contributed by atoms with E-state index in [4.69, 9.17) is 31.3 Å². The van der Waals surface area contributed by atoms with Gasteiger partial charge in [-0.15, -0.1) is 0 Å². The molecule has 0 aliphatic rings. The number of esters is 1. The predicted octanol–water partition coefficient (Wildman–Crippen LogP) is 3.34. The number of anilines is 1. The van der Waals surface area contributed by atoms with Crippen LogP contribution in [0.4, 0.5) is 5.69 Å². The van der Waals surface area contributed by atoms with E-state index in [1.807, 2.05) is 0 Å². The summed E-state index contributed by atoms with van der Waals surface area (Å²) < 4.78 is 15.3. The summed E-state index contributed by atoms with van der Waals surface area (Å²) in [6.45, 7) is -0.148. The van der Waals surface area contributed by atoms with Crippen molar-refractivity contribution < 1.29 is 18.8 Å². The van der Waals surface area contributed by atoms with Crippen LogP contribution in [0, 0.1) is 0 Å². The summed E-state index contributed by atoms with van der Waals surface area (Å²) in [5.41, 5.74) is 7.01. The third kappa shape index (κ3) is 3.89. The number of rotatable bonds is 5. The van der Waals surface area contributed by atoms with Crippen LogP contribution >= 0.6 is 11.6 Å². The monoisotopic (exact) mass is 359 g/mol. The normalized spacial score (nSPS) is 10.5. The highest BCUT2D eigenvalue weighted by atomic mass is 35.5. The van der Waals surface area contributed by atoms with E-state index < -0.39 is 5.97 Å². The molecule has 0 radical (unpaired) electrons. The molecule has 3 aromatic rings. The second kappa shape index (κ2) is 7.23. The maximum atomic E-state index is 12.0. The minimum atomic E-state index is -0.562. The fourth-order valence-electron chi connectivity index (χ4n) is 2.05. The molecule has 0 amide bonds. The lowest BCUT2D eigenvalue weighted by Gasteiger charge is -2.03. The summed E-state index contributed by atoms with van der Waals surface area (Å²) in [5, 5.41) is 4.24. The van der Waals surface area contributed by atoms with Crippen LogP contribution < -0.4 is 10.5 Å². The van der Waals surface area contributed by atoms with Gasteiger partial charge >= 0.3 is 5.97 Å². The van der Waals surface area contributed by atoms with Gasteiger partial charge < -0.3 is 19.7 Å². The lowest BCUT2D eigenvalue weighted by atomic mass is 10.2. The van der Waals surface area contributed by atoms with Gasteiger partial charge in [0.2, 0.25) is 5.82 Å². The number of nitrogens with zero attached hydrogens (tertiary/aromatic N) is 2. The Kier molecular flexibility index (Phi) is 4.85. The molecule has 0 saturated heterocycles. The molecule has 7 nitrogen and oxygen atoms in total. The summed E-state index contributed by atoms with van der Waals surface area (Å²) in [6, 6.07) is 11.7. The molecule has 0 fully saturated rings. The Labute approximate surface area is 148 Å². The Morgan fingerprint density at radius 2 is 2.00 bits per heavy atom. The van der Waals surface area contributed by atoms with Crippen LogP contribution in [0.5, 0.6) is 5.75 Å². The van der Waals surface area contributed by atoms with Gasteiger partial charge in [-0.05, 0) is 42.5 Å². The minimum Gasteiger partial charge on any atom is -0.497 e. The number of hydrogen-bond acceptors (Lipinski definition) is 7. The molecule has 0 atom stereocenters. The number of hydrogen-bond donors (Lipinski definition) is 1. The molecule has 0 saturated carbocycles. The van der Waals surface area contributed by atoms with Crippen molar-refractivity contribution in [3.63, 3.8) is 0 Å². The van der Waals surface area contributed by atoms with Crippen LogP contribution in [-0.4, -0.2) is 23.2 Å². The van der Waals surface area contributed by atoms with Crippen molar-refractivity contribution in [1.29, 1.82) is 0 Å². The van der Waals surface area contributed by atoms with Crippen molar-refractivity contribution in [3.8, 4) is 17.1 Å². The van der Waals surface area contributed by atoms with Gasteiger partial charge in [0.05, 0.1) is 23.4 Å². The van der Waals surface area contributed by atoms with Gasteiger partial charge in [0.25, 0.3) is 5.89 Å². The van der Waals surface area contributed by atoms with Gasteiger partial charge in [-0.2, -0.15) is 4.98 Å². The molecule has 0 spiro atoms. The fourth-order valence-corrected chi connectivity index (χ4v) is 2.17. The molecule has 2 N–H and O–H groups in total. The maximum absolute atomic E-state index is 12.0. The molecule has 25 heavy (non-hydrogen) atoms. The highest BCUT2D eigenvalue weighted by molar-refractivity contribution is 6.33. The molecule has 128 valence electrons. The smallest absolute Gasteiger partial charge is 0.338 e. The first kappa shape index (κ1) is 16.8. The molecule has 0 unspecified atom stereocenters. The van der Waals surface area contributed by atoms with Gasteiger partial charge in [-0.25, -0.2) is 4.79 Å². The molecule has 0 bridgehead atoms. The average Bonchev–Trinajstić information content (AvgIpc) is 3.11. The van der Waals surface area contributed by atoms with Gasteiger partial charge in [-0.1, -0.05) is 16.8 Å². The Morgan fingerprint density at radius 1 is 1.24 bits per heavy atom. The molecule has 3 rings (SSSR count). The molecule has 0 aliphatic heterocycles. The number of nitrogens with two attached hydrogens (primary N) is 1. The molecular formula is C17H14ClN3O4. The Balaban J connectivity index is 1.64. The number of aromatic nitrogens is 2. The minimum absolute atomic E-state index is 0.148. The topological polar surface area (TPSA) is 100 Å². The van der Waals surface area contributed by atoms with Crippen LogP contribution in [0.1, 0.15) is 16.2 Å². The van der Waals surface area contributed by atoms with E-state index in [1.165, 1.54) is 18.2 Å². The van der Waals surface area contributed by atoms with Crippen LogP contribution in [-0.2, 0) is 11.3 Å². The van der Waals surface area contributed by atoms with E-state index in [2.05, 4.69) is 10.1 Å². The molecule has 2 aromatic carbocycles. The Morgan fingerprint density at radius 3 is 2.68 bits per heavy atom. The maximum Gasteiger partial charge on any atom is 0.338 e. The first-order valence-electron chi connectivity index (χ1n) is 7.26. The van der Waals surface area contributed by atoms with E-state index in [1.54, 1.807) is 31.4 Å². The molecule has 1 heterocycles. The van der Waals surface area contributed by atoms with E-state index in [0.29, 0.717) is 16.5 Å². The fraction of sp³-hybridized carbons (Fsp3) is 0.118. The van der Waals surface area contributed by atoms with Crippen molar-refractivity contribution in [2.75, 3.05) is 12.8 Å². The number of ether oxygens (including phenoxy) is 2. The Bertz CT molecular complexity index is 893. The van der Waals surface area contributed by atoms with Crippen molar-refractivity contribution in [1.82, 2.24) is 10.1 Å². The Hall–Kier alpha value is -3.06. The third-order valence-corrected chi connectivity index (χ3v) is 3.72. The van der Waals surface area contributed by atoms with Gasteiger partial charge in [0.1, 0.15) is 5.75 Å². The molecule has 1 aromatic heterocycles. The molecular weight excluding hydrogens is 346 g/mol. The molecule has 8 heteroatoms. The highest BCUT2D eigenvalue weighted by Crippen LogP contribution is 2.21. The second-order valence-electron chi connectivity index (χ2n) is 5.05. The van der Waals surface area contributed by atoms with Crippen molar-refractivity contribution in [3.05, 3.63) is 58.9 Å². The zero-order valence-corrected chi connectivity index (χ0v) is 14.0. The first-order valence-corrected chi connectivity index (χ1v) is 7.64. The first-order chi connectivity index (χ1) is 12.1. The van der Waals surface area contributed by atoms with Gasteiger partial charge in [-0.3, -0.25) is 0 Å². The lowest BCUT2D eigenvalue weighted by Crippen LogP contribution is -2.06. The quantitative estimate of drug-likeness (QED) is 0.550. The number of carbonyl (C=O) groups excluding carboxylic acids is 1. The van der Waals surface area contributed by atoms with Crippen molar-refractivity contribution in [2.45, 2.75) is 6.61 Å². The van der Waals surface area contributed by atoms with Crippen LogP contribution in [0.25, 0.3) is 11.4 Å². The number of carbonyl (C=O) groups is 1. The summed E-state index contributed by atoms with van der Waals surface area (Å²) >= 11 is 5.82. The largest absolute Gasteiger partial charge is 0.497 e. The zero-order valence-electron chi connectivity index (χ0n) is 13.2. The standard InChI is InChI=1S/C17H14ClN3O4/c1-23-12-5-2-10(3-6-12)16-20-15(25-21-16)9-24-17(22)11-4-7-13(18)14(19)8-11/h2-8H,9,19H2,1H3. The van der Waals surface area contributed by atoms with E-state index in [9.17, 15) is 4.79 Å². The molecule has 0 aliphatic carbocycles. The summed E-state index contributed by atoms with van der Waals surface area (Å²) in [7, 11) is 1.59. The number of methoxy groups -OCH3 is 1. The summed E-state index contributed by atoms with van der Waals surface area (Å²) in [6.07, 6.45) is 0. The average molecular weight is 360 g/mol.